The molecule has 0 spiro atoms. The number of nitrogens with zero attached hydrogens (tertiary/aromatic N) is 4. The lowest BCUT2D eigenvalue weighted by atomic mass is 10.2. The highest BCUT2D eigenvalue weighted by molar-refractivity contribution is 7.71. The van der Waals surface area contributed by atoms with Crippen molar-refractivity contribution < 1.29 is 14.4 Å². The van der Waals surface area contributed by atoms with Crippen LogP contribution in [-0.4, -0.2) is 39.7 Å². The van der Waals surface area contributed by atoms with Gasteiger partial charge < -0.3 is 9.47 Å². The molecule has 152 valence electrons. The Kier molecular flexibility index (Phi) is 6.73. The number of benzene rings is 1. The lowest BCUT2D eigenvalue weighted by Crippen LogP contribution is -2.04. The molecule has 0 atom stereocenters. The number of aromatic amines is 1. The minimum Gasteiger partial charge on any atom is -0.493 e. The largest absolute Gasteiger partial charge is 0.493 e. The summed E-state index contributed by atoms with van der Waals surface area (Å²) < 4.78 is 12.7. The molecule has 2 aromatic heterocycles. The highest BCUT2D eigenvalue weighted by Gasteiger charge is 2.22. The Morgan fingerprint density at radius 2 is 2.31 bits per heavy atom. The molecule has 3 aromatic rings. The summed E-state index contributed by atoms with van der Waals surface area (Å²) in [7, 11) is 1.44. The summed E-state index contributed by atoms with van der Waals surface area (Å²) in [5.41, 5.74) is 0.285. The lowest BCUT2D eigenvalue weighted by molar-refractivity contribution is -0.386. The Hall–Kier alpha value is -3.05. The zero-order valence-electron chi connectivity index (χ0n) is 15.8. The summed E-state index contributed by atoms with van der Waals surface area (Å²) in [4.78, 5) is 11.9. The van der Waals surface area contributed by atoms with E-state index in [4.69, 9.17) is 21.7 Å². The van der Waals surface area contributed by atoms with Crippen LogP contribution >= 0.6 is 23.6 Å². The maximum Gasteiger partial charge on any atom is 0.315 e. The normalized spacial score (nSPS) is 11.1. The average Bonchev–Trinajstić information content (AvgIpc) is 3.36. The summed E-state index contributed by atoms with van der Waals surface area (Å²) in [5, 5.41) is 24.7. The van der Waals surface area contributed by atoms with Crippen LogP contribution in [0.25, 0.3) is 10.7 Å². The van der Waals surface area contributed by atoms with Crippen LogP contribution < -0.4 is 9.47 Å². The molecule has 0 fully saturated rings. The van der Waals surface area contributed by atoms with Crippen molar-refractivity contribution in [2.45, 2.75) is 19.8 Å². The quantitative estimate of drug-likeness (QED) is 0.173. The number of aromatic nitrogens is 3. The molecule has 0 amide bonds. The fraction of sp³-hybridized carbons (Fsp3) is 0.278. The molecule has 1 aromatic carbocycles. The number of hydrogen-bond acceptors (Lipinski definition) is 8. The van der Waals surface area contributed by atoms with Gasteiger partial charge in [-0.3, -0.25) is 10.1 Å². The molecule has 1 N–H and O–H groups in total. The number of nitrogens with one attached hydrogen (secondary N) is 1. The molecule has 0 unspecified atom stereocenters. The standard InChI is InChI=1S/C18H19N5O4S2/c1-3-4-7-27-16-13(23(24)25)9-12(10-14(16)26-2)11-19-22-17(20-21-18(22)28)15-6-5-8-29-15/h5-6,8-11H,3-4,7H2,1-2H3,(H,21,28)/b19-11-. The van der Waals surface area contributed by atoms with E-state index in [0.717, 1.165) is 17.7 Å². The van der Waals surface area contributed by atoms with Crippen LogP contribution in [-0.2, 0) is 0 Å². The second-order valence-corrected chi connectivity index (χ2v) is 7.25. The molecule has 11 heteroatoms. The van der Waals surface area contributed by atoms with E-state index >= 15 is 0 Å². The third-order valence-electron chi connectivity index (χ3n) is 3.93. The molecule has 0 radical (unpaired) electrons. The summed E-state index contributed by atoms with van der Waals surface area (Å²) in [5.74, 6) is 0.940. The van der Waals surface area contributed by atoms with E-state index < -0.39 is 4.92 Å². The Morgan fingerprint density at radius 1 is 1.48 bits per heavy atom. The van der Waals surface area contributed by atoms with E-state index in [9.17, 15) is 10.1 Å². The number of rotatable bonds is 9. The zero-order valence-corrected chi connectivity index (χ0v) is 17.5. The van der Waals surface area contributed by atoms with Gasteiger partial charge in [-0.2, -0.15) is 14.9 Å². The smallest absolute Gasteiger partial charge is 0.315 e. The zero-order chi connectivity index (χ0) is 20.8. The molecule has 0 aliphatic rings. The van der Waals surface area contributed by atoms with Gasteiger partial charge in [0.05, 0.1) is 29.7 Å². The molecule has 3 rings (SSSR count). The Labute approximate surface area is 175 Å². The van der Waals surface area contributed by atoms with Gasteiger partial charge in [0, 0.05) is 11.6 Å². The van der Waals surface area contributed by atoms with Crippen molar-refractivity contribution >= 4 is 35.5 Å². The Balaban J connectivity index is 1.98. The highest BCUT2D eigenvalue weighted by Crippen LogP contribution is 2.38. The van der Waals surface area contributed by atoms with Crippen molar-refractivity contribution in [1.29, 1.82) is 0 Å². The molecule has 9 nitrogen and oxygen atoms in total. The van der Waals surface area contributed by atoms with Crippen molar-refractivity contribution in [3.05, 3.63) is 50.1 Å². The van der Waals surface area contributed by atoms with Gasteiger partial charge in [-0.25, -0.2) is 5.10 Å². The maximum atomic E-state index is 11.6. The molecule has 0 saturated heterocycles. The number of nitro benzene ring substituents is 1. The predicted octanol–water partition coefficient (Wildman–Crippen LogP) is 4.65. The fourth-order valence-electron chi connectivity index (χ4n) is 2.52. The minimum atomic E-state index is -0.498. The Morgan fingerprint density at radius 3 is 2.97 bits per heavy atom. The number of unbranched alkanes of at least 4 members (excludes halogenated alkanes) is 1. The summed E-state index contributed by atoms with van der Waals surface area (Å²) >= 11 is 6.74. The highest BCUT2D eigenvalue weighted by atomic mass is 32.1. The van der Waals surface area contributed by atoms with Gasteiger partial charge in [0.1, 0.15) is 0 Å². The van der Waals surface area contributed by atoms with Gasteiger partial charge in [-0.05, 0) is 36.2 Å². The number of ether oxygens (including phenoxy) is 2. The number of H-pyrrole nitrogens is 1. The molecule has 0 saturated carbocycles. The van der Waals surface area contributed by atoms with Crippen molar-refractivity contribution in [2.24, 2.45) is 5.10 Å². The number of nitro groups is 1. The van der Waals surface area contributed by atoms with Gasteiger partial charge >= 0.3 is 5.69 Å². The van der Waals surface area contributed by atoms with Crippen LogP contribution in [0.1, 0.15) is 25.3 Å². The monoisotopic (exact) mass is 433 g/mol. The van der Waals surface area contributed by atoms with Gasteiger partial charge in [-0.15, -0.1) is 11.3 Å². The summed E-state index contributed by atoms with van der Waals surface area (Å²) in [6, 6.07) is 6.82. The maximum absolute atomic E-state index is 11.6. The van der Waals surface area contributed by atoms with E-state index in [0.29, 0.717) is 22.8 Å². The van der Waals surface area contributed by atoms with Crippen molar-refractivity contribution in [2.75, 3.05) is 13.7 Å². The first-order valence-corrected chi connectivity index (χ1v) is 10.1. The van der Waals surface area contributed by atoms with E-state index in [1.54, 1.807) is 6.07 Å². The number of thiophene rings is 1. The fourth-order valence-corrected chi connectivity index (χ4v) is 3.40. The molecule has 29 heavy (non-hydrogen) atoms. The van der Waals surface area contributed by atoms with Crippen LogP contribution in [0, 0.1) is 14.9 Å². The molecular formula is C18H19N5O4S2. The summed E-state index contributed by atoms with van der Waals surface area (Å²) in [6.45, 7) is 2.38. The number of methoxy groups -OCH3 is 1. The lowest BCUT2D eigenvalue weighted by Gasteiger charge is -2.11. The predicted molar refractivity (Wildman–Crippen MR) is 114 cm³/mol. The molecular weight excluding hydrogens is 414 g/mol. The van der Waals surface area contributed by atoms with E-state index in [2.05, 4.69) is 15.3 Å². The average molecular weight is 434 g/mol. The first-order valence-electron chi connectivity index (χ1n) is 8.80. The molecule has 0 aliphatic heterocycles. The molecule has 2 heterocycles. The Bertz CT molecular complexity index is 1070. The third-order valence-corrected chi connectivity index (χ3v) is 5.06. The van der Waals surface area contributed by atoms with Crippen LogP contribution in [0.3, 0.4) is 0 Å². The summed E-state index contributed by atoms with van der Waals surface area (Å²) in [6.07, 6.45) is 3.17. The first-order chi connectivity index (χ1) is 14.0. The van der Waals surface area contributed by atoms with Crippen LogP contribution in [0.15, 0.2) is 34.7 Å². The topological polar surface area (TPSA) is 108 Å². The van der Waals surface area contributed by atoms with E-state index in [1.807, 2.05) is 24.4 Å². The molecule has 0 aliphatic carbocycles. The van der Waals surface area contributed by atoms with Gasteiger partial charge in [-0.1, -0.05) is 19.4 Å². The van der Waals surface area contributed by atoms with Crippen LogP contribution in [0.2, 0.25) is 0 Å². The number of hydrogen-bond donors (Lipinski definition) is 1. The molecule has 0 bridgehead atoms. The second kappa shape index (κ2) is 9.43. The van der Waals surface area contributed by atoms with Crippen LogP contribution in [0.5, 0.6) is 11.5 Å². The van der Waals surface area contributed by atoms with Crippen LogP contribution in [0.4, 0.5) is 5.69 Å². The van der Waals surface area contributed by atoms with Gasteiger partial charge in [0.25, 0.3) is 0 Å². The SMILES string of the molecule is CCCCOc1c(OC)cc(/C=N\n2c(-c3cccs3)n[nH]c2=S)cc1[N+](=O)[O-]. The van der Waals surface area contributed by atoms with Gasteiger partial charge in [0.15, 0.2) is 11.6 Å². The third kappa shape index (κ3) is 4.69. The van der Waals surface area contributed by atoms with E-state index in [1.165, 1.54) is 35.4 Å². The van der Waals surface area contributed by atoms with Crippen molar-refractivity contribution in [3.63, 3.8) is 0 Å². The first kappa shape index (κ1) is 20.7. The van der Waals surface area contributed by atoms with Gasteiger partial charge in [0.2, 0.25) is 10.5 Å². The van der Waals surface area contributed by atoms with E-state index in [-0.39, 0.29) is 17.2 Å². The second-order valence-electron chi connectivity index (χ2n) is 5.92. The van der Waals surface area contributed by atoms with Crippen molar-refractivity contribution in [1.82, 2.24) is 14.9 Å². The minimum absolute atomic E-state index is 0.113. The van der Waals surface area contributed by atoms with Crippen molar-refractivity contribution in [3.8, 4) is 22.2 Å².